The Labute approximate surface area is 201 Å². The second kappa shape index (κ2) is 11.4. The number of amides is 5. The van der Waals surface area contributed by atoms with Gasteiger partial charge in [0.05, 0.1) is 6.04 Å². The predicted molar refractivity (Wildman–Crippen MR) is 128 cm³/mol. The third-order valence-electron chi connectivity index (χ3n) is 6.67. The van der Waals surface area contributed by atoms with Crippen molar-refractivity contribution in [2.75, 3.05) is 6.54 Å². The Morgan fingerprint density at radius 3 is 2.35 bits per heavy atom. The van der Waals surface area contributed by atoms with Gasteiger partial charge in [-0.1, -0.05) is 33.1 Å². The third kappa shape index (κ3) is 6.51. The number of hydrogen-bond acceptors (Lipinski definition) is 4. The van der Waals surface area contributed by atoms with E-state index in [1.807, 2.05) is 13.8 Å². The highest BCUT2D eigenvalue weighted by Crippen LogP contribution is 2.22. The first-order chi connectivity index (χ1) is 16.2. The van der Waals surface area contributed by atoms with Crippen LogP contribution in [0.5, 0.6) is 0 Å². The van der Waals surface area contributed by atoms with Gasteiger partial charge in [-0.05, 0) is 43.7 Å². The number of primary amides is 1. The van der Waals surface area contributed by atoms with Crippen LogP contribution in [0.1, 0.15) is 69.3 Å². The van der Waals surface area contributed by atoms with Crippen molar-refractivity contribution in [2.24, 2.45) is 18.7 Å². The smallest absolute Gasteiger partial charge is 0.315 e. The number of nitrogens with zero attached hydrogens (tertiary/aromatic N) is 2. The number of aromatic nitrogens is 1. The van der Waals surface area contributed by atoms with E-state index in [2.05, 4.69) is 16.0 Å². The summed E-state index contributed by atoms with van der Waals surface area (Å²) in [5, 5.41) is 8.69. The van der Waals surface area contributed by atoms with Crippen molar-refractivity contribution in [1.82, 2.24) is 25.4 Å². The van der Waals surface area contributed by atoms with E-state index >= 15 is 0 Å². The molecule has 10 nitrogen and oxygen atoms in total. The fourth-order valence-corrected chi connectivity index (χ4v) is 4.89. The zero-order valence-electron chi connectivity index (χ0n) is 20.4. The molecule has 1 aliphatic carbocycles. The molecule has 1 aromatic heterocycles. The van der Waals surface area contributed by atoms with Crippen LogP contribution in [0.25, 0.3) is 0 Å². The van der Waals surface area contributed by atoms with Crippen molar-refractivity contribution < 1.29 is 19.2 Å². The van der Waals surface area contributed by atoms with Gasteiger partial charge < -0.3 is 31.2 Å². The number of rotatable bonds is 8. The summed E-state index contributed by atoms with van der Waals surface area (Å²) < 4.78 is 1.69. The molecule has 0 unspecified atom stereocenters. The zero-order valence-corrected chi connectivity index (χ0v) is 20.4. The van der Waals surface area contributed by atoms with Crippen LogP contribution in [0.15, 0.2) is 18.3 Å². The van der Waals surface area contributed by atoms with Crippen LogP contribution in [0.4, 0.5) is 4.79 Å². The second-order valence-corrected chi connectivity index (χ2v) is 9.96. The lowest BCUT2D eigenvalue weighted by Crippen LogP contribution is -2.52. The number of aryl methyl sites for hydroxylation is 1. The summed E-state index contributed by atoms with van der Waals surface area (Å²) in [5.41, 5.74) is 5.95. The van der Waals surface area contributed by atoms with E-state index in [4.69, 9.17) is 5.73 Å². The van der Waals surface area contributed by atoms with E-state index in [1.54, 1.807) is 29.9 Å². The fourth-order valence-electron chi connectivity index (χ4n) is 4.89. The molecule has 0 spiro atoms. The number of nitrogens with one attached hydrogen (secondary N) is 3. The summed E-state index contributed by atoms with van der Waals surface area (Å²) in [5.74, 6) is -1.20. The van der Waals surface area contributed by atoms with E-state index in [-0.39, 0.29) is 42.9 Å². The Morgan fingerprint density at radius 1 is 1.09 bits per heavy atom. The summed E-state index contributed by atoms with van der Waals surface area (Å²) >= 11 is 0. The molecule has 1 aliphatic heterocycles. The molecule has 0 bridgehead atoms. The van der Waals surface area contributed by atoms with Crippen molar-refractivity contribution in [2.45, 2.75) is 83.0 Å². The second-order valence-electron chi connectivity index (χ2n) is 9.96. The van der Waals surface area contributed by atoms with Crippen LogP contribution < -0.4 is 21.7 Å². The predicted octanol–water partition coefficient (Wildman–Crippen LogP) is 1.26. The molecule has 10 heteroatoms. The number of carbonyl (C=O) groups excluding carboxylic acids is 4. The molecule has 1 saturated heterocycles. The molecule has 5 N–H and O–H groups in total. The van der Waals surface area contributed by atoms with Crippen molar-refractivity contribution >= 4 is 23.8 Å². The largest absolute Gasteiger partial charge is 0.368 e. The minimum Gasteiger partial charge on any atom is -0.368 e. The zero-order chi connectivity index (χ0) is 24.8. The molecule has 2 heterocycles. The SMILES string of the molecule is CC(C)C[C@H](NC(=O)[C@H]1C[C@H](NC(=O)NC2CCCCC2)CN1C(=O)c1cccn1C)C(N)=O. The number of carbonyl (C=O) groups is 4. The maximum absolute atomic E-state index is 13.3. The topological polar surface area (TPSA) is 139 Å². The van der Waals surface area contributed by atoms with Crippen LogP contribution in [0.2, 0.25) is 0 Å². The summed E-state index contributed by atoms with van der Waals surface area (Å²) in [6.07, 6.45) is 7.76. The van der Waals surface area contributed by atoms with Gasteiger partial charge in [0.2, 0.25) is 11.8 Å². The highest BCUT2D eigenvalue weighted by atomic mass is 16.2. The van der Waals surface area contributed by atoms with Crippen LogP contribution >= 0.6 is 0 Å². The van der Waals surface area contributed by atoms with Gasteiger partial charge in [0, 0.05) is 25.8 Å². The molecule has 34 heavy (non-hydrogen) atoms. The standard InChI is InChI=1S/C24H38N6O4/c1-15(2)12-18(21(25)31)28-22(32)20-13-17(27-24(34)26-16-8-5-4-6-9-16)14-30(20)23(33)19-10-7-11-29(19)3/h7,10-11,15-18,20H,4-6,8-9,12-14H2,1-3H3,(H2,25,31)(H,28,32)(H2,26,27,34)/t17-,18-,20+/m0/s1. The van der Waals surface area contributed by atoms with E-state index in [0.29, 0.717) is 12.1 Å². The van der Waals surface area contributed by atoms with Crippen LogP contribution in [-0.2, 0) is 16.6 Å². The monoisotopic (exact) mass is 474 g/mol. The summed E-state index contributed by atoms with van der Waals surface area (Å²) in [6.45, 7) is 4.08. The quantitative estimate of drug-likeness (QED) is 0.450. The number of urea groups is 1. The normalized spacial score (nSPS) is 21.8. The van der Waals surface area contributed by atoms with Crippen molar-refractivity contribution in [1.29, 1.82) is 0 Å². The molecule has 2 fully saturated rings. The first-order valence-electron chi connectivity index (χ1n) is 12.2. The summed E-state index contributed by atoms with van der Waals surface area (Å²) in [7, 11) is 1.76. The molecular formula is C24H38N6O4. The minimum absolute atomic E-state index is 0.153. The van der Waals surface area contributed by atoms with Gasteiger partial charge in [-0.15, -0.1) is 0 Å². The molecular weight excluding hydrogens is 436 g/mol. The first kappa shape index (κ1) is 25.6. The molecule has 3 atom stereocenters. The molecule has 188 valence electrons. The maximum atomic E-state index is 13.3. The number of hydrogen-bond donors (Lipinski definition) is 4. The lowest BCUT2D eigenvalue weighted by atomic mass is 9.96. The van der Waals surface area contributed by atoms with Crippen LogP contribution in [-0.4, -0.2) is 63.9 Å². The van der Waals surface area contributed by atoms with E-state index in [9.17, 15) is 19.2 Å². The van der Waals surface area contributed by atoms with Gasteiger partial charge in [0.15, 0.2) is 0 Å². The molecule has 5 amide bonds. The van der Waals surface area contributed by atoms with Crippen molar-refractivity contribution in [3.63, 3.8) is 0 Å². The first-order valence-corrected chi connectivity index (χ1v) is 12.2. The number of nitrogens with two attached hydrogens (primary N) is 1. The maximum Gasteiger partial charge on any atom is 0.315 e. The number of likely N-dealkylation sites (tertiary alicyclic amines) is 1. The van der Waals surface area contributed by atoms with E-state index in [0.717, 1.165) is 25.7 Å². The average Bonchev–Trinajstić information content (AvgIpc) is 3.39. The molecule has 1 saturated carbocycles. The fraction of sp³-hybridized carbons (Fsp3) is 0.667. The lowest BCUT2D eigenvalue weighted by molar-refractivity contribution is -0.130. The van der Waals surface area contributed by atoms with Crippen LogP contribution in [0.3, 0.4) is 0 Å². The highest BCUT2D eigenvalue weighted by Gasteiger charge is 2.42. The Hall–Kier alpha value is -3.04. The minimum atomic E-state index is -0.823. The van der Waals surface area contributed by atoms with Gasteiger partial charge in [-0.25, -0.2) is 4.79 Å². The molecule has 0 radical (unpaired) electrons. The van der Waals surface area contributed by atoms with Gasteiger partial charge in [-0.3, -0.25) is 14.4 Å². The highest BCUT2D eigenvalue weighted by molar-refractivity contribution is 5.98. The van der Waals surface area contributed by atoms with Crippen molar-refractivity contribution in [3.8, 4) is 0 Å². The van der Waals surface area contributed by atoms with Gasteiger partial charge >= 0.3 is 6.03 Å². The van der Waals surface area contributed by atoms with Gasteiger partial charge in [0.1, 0.15) is 17.8 Å². The lowest BCUT2D eigenvalue weighted by Gasteiger charge is -2.26. The third-order valence-corrected chi connectivity index (χ3v) is 6.67. The van der Waals surface area contributed by atoms with Crippen LogP contribution in [0, 0.1) is 5.92 Å². The molecule has 1 aromatic rings. The van der Waals surface area contributed by atoms with Gasteiger partial charge in [0.25, 0.3) is 5.91 Å². The summed E-state index contributed by atoms with van der Waals surface area (Å²) in [4.78, 5) is 52.5. The summed E-state index contributed by atoms with van der Waals surface area (Å²) in [6, 6.07) is 1.30. The average molecular weight is 475 g/mol. The molecule has 0 aromatic carbocycles. The Kier molecular flexibility index (Phi) is 8.57. The van der Waals surface area contributed by atoms with Gasteiger partial charge in [-0.2, -0.15) is 0 Å². The molecule has 2 aliphatic rings. The Bertz CT molecular complexity index is 892. The Balaban J connectivity index is 1.72. The van der Waals surface area contributed by atoms with Crippen molar-refractivity contribution in [3.05, 3.63) is 24.0 Å². The Morgan fingerprint density at radius 2 is 1.76 bits per heavy atom. The molecule has 3 rings (SSSR count). The van der Waals surface area contributed by atoms with E-state index < -0.39 is 23.9 Å². The van der Waals surface area contributed by atoms with E-state index in [1.165, 1.54) is 11.3 Å².